The summed E-state index contributed by atoms with van der Waals surface area (Å²) < 4.78 is 5.47. The van der Waals surface area contributed by atoms with Crippen molar-refractivity contribution in [2.75, 3.05) is 30.3 Å². The van der Waals surface area contributed by atoms with Gasteiger partial charge in [-0.25, -0.2) is 4.98 Å². The van der Waals surface area contributed by atoms with Gasteiger partial charge in [-0.15, -0.1) is 0 Å². The lowest BCUT2D eigenvalue weighted by Gasteiger charge is -2.11. The van der Waals surface area contributed by atoms with Crippen molar-refractivity contribution in [2.24, 2.45) is 0 Å². The van der Waals surface area contributed by atoms with Crippen molar-refractivity contribution in [3.63, 3.8) is 0 Å². The molecule has 1 heterocycles. The number of nitrogens with zero attached hydrogens (tertiary/aromatic N) is 2. The molecule has 1 aromatic rings. The lowest BCUT2D eigenvalue weighted by molar-refractivity contribution is 0.0870. The minimum atomic E-state index is 0.265. The van der Waals surface area contributed by atoms with Gasteiger partial charge in [0.05, 0.1) is 12.7 Å². The highest BCUT2D eigenvalue weighted by atomic mass is 16.5. The average molecular weight is 252 g/mol. The summed E-state index contributed by atoms with van der Waals surface area (Å²) in [6, 6.07) is 1.94. The van der Waals surface area contributed by atoms with E-state index in [1.54, 1.807) is 0 Å². The van der Waals surface area contributed by atoms with Crippen LogP contribution in [-0.4, -0.2) is 35.8 Å². The van der Waals surface area contributed by atoms with Gasteiger partial charge in [0.25, 0.3) is 0 Å². The van der Waals surface area contributed by atoms with Gasteiger partial charge in [-0.3, -0.25) is 0 Å². The highest BCUT2D eigenvalue weighted by Crippen LogP contribution is 2.09. The molecule has 0 aliphatic carbocycles. The largest absolute Gasteiger partial charge is 0.377 e. The monoisotopic (exact) mass is 252 g/mol. The fraction of sp³-hybridized carbons (Fsp3) is 0.692. The molecule has 0 aromatic carbocycles. The van der Waals surface area contributed by atoms with Gasteiger partial charge in [0, 0.05) is 24.8 Å². The standard InChI is InChI=1S/C13H24N4O/c1-5-6-15-13-16-11(4)9-12(17-13)14-7-8-18-10(2)3/h9-10H,5-8H2,1-4H3,(H2,14,15,16,17). The van der Waals surface area contributed by atoms with Crippen molar-refractivity contribution >= 4 is 11.8 Å². The molecule has 0 saturated carbocycles. The van der Waals surface area contributed by atoms with Gasteiger partial charge in [-0.05, 0) is 27.2 Å². The second kappa shape index (κ2) is 7.87. The molecular weight excluding hydrogens is 228 g/mol. The molecule has 102 valence electrons. The predicted molar refractivity (Wildman–Crippen MR) is 75.1 cm³/mol. The molecule has 18 heavy (non-hydrogen) atoms. The third-order valence-corrected chi connectivity index (χ3v) is 2.25. The van der Waals surface area contributed by atoms with Crippen LogP contribution in [0.1, 0.15) is 32.9 Å². The fourth-order valence-corrected chi connectivity index (χ4v) is 1.45. The Morgan fingerprint density at radius 1 is 1.22 bits per heavy atom. The number of anilines is 2. The van der Waals surface area contributed by atoms with Crippen LogP contribution < -0.4 is 10.6 Å². The molecule has 0 radical (unpaired) electrons. The maximum Gasteiger partial charge on any atom is 0.224 e. The molecule has 0 aliphatic heterocycles. The number of nitrogens with one attached hydrogen (secondary N) is 2. The van der Waals surface area contributed by atoms with E-state index in [1.807, 2.05) is 26.8 Å². The molecule has 2 N–H and O–H groups in total. The molecule has 0 atom stereocenters. The molecule has 0 amide bonds. The SMILES string of the molecule is CCCNc1nc(C)cc(NCCOC(C)C)n1. The number of hydrogen-bond acceptors (Lipinski definition) is 5. The number of rotatable bonds is 8. The van der Waals surface area contributed by atoms with Gasteiger partial charge in [-0.2, -0.15) is 4.98 Å². The summed E-state index contributed by atoms with van der Waals surface area (Å²) in [7, 11) is 0. The smallest absolute Gasteiger partial charge is 0.224 e. The van der Waals surface area contributed by atoms with Crippen LogP contribution in [0, 0.1) is 6.92 Å². The van der Waals surface area contributed by atoms with E-state index in [-0.39, 0.29) is 6.10 Å². The van der Waals surface area contributed by atoms with Crippen LogP contribution in [0.5, 0.6) is 0 Å². The molecule has 1 rings (SSSR count). The number of ether oxygens (including phenoxy) is 1. The van der Waals surface area contributed by atoms with Gasteiger partial charge in [0.15, 0.2) is 0 Å². The Bertz CT molecular complexity index is 355. The minimum Gasteiger partial charge on any atom is -0.377 e. The van der Waals surface area contributed by atoms with Crippen LogP contribution in [0.3, 0.4) is 0 Å². The Kier molecular flexibility index (Phi) is 6.43. The van der Waals surface area contributed by atoms with E-state index in [4.69, 9.17) is 4.74 Å². The van der Waals surface area contributed by atoms with Crippen molar-refractivity contribution in [3.05, 3.63) is 11.8 Å². The summed E-state index contributed by atoms with van der Waals surface area (Å²) >= 11 is 0. The Balaban J connectivity index is 2.46. The van der Waals surface area contributed by atoms with Crippen LogP contribution >= 0.6 is 0 Å². The molecule has 5 nitrogen and oxygen atoms in total. The Morgan fingerprint density at radius 3 is 2.67 bits per heavy atom. The van der Waals surface area contributed by atoms with Crippen LogP contribution in [0.4, 0.5) is 11.8 Å². The van der Waals surface area contributed by atoms with Gasteiger partial charge >= 0.3 is 0 Å². The summed E-state index contributed by atoms with van der Waals surface area (Å²) in [5.41, 5.74) is 0.955. The molecule has 5 heteroatoms. The van der Waals surface area contributed by atoms with Crippen LogP contribution in [0.15, 0.2) is 6.07 Å². The number of hydrogen-bond donors (Lipinski definition) is 2. The molecule has 1 aromatic heterocycles. The van der Waals surface area contributed by atoms with Crippen molar-refractivity contribution in [2.45, 2.75) is 40.2 Å². The third-order valence-electron chi connectivity index (χ3n) is 2.25. The van der Waals surface area contributed by atoms with Crippen molar-refractivity contribution in [3.8, 4) is 0 Å². The summed E-state index contributed by atoms with van der Waals surface area (Å²) in [6.07, 6.45) is 1.32. The predicted octanol–water partition coefficient (Wildman–Crippen LogP) is 2.44. The first-order valence-corrected chi connectivity index (χ1v) is 6.57. The highest BCUT2D eigenvalue weighted by Gasteiger charge is 2.01. The summed E-state index contributed by atoms with van der Waals surface area (Å²) in [5, 5.41) is 6.43. The van der Waals surface area contributed by atoms with Crippen molar-refractivity contribution in [1.82, 2.24) is 9.97 Å². The van der Waals surface area contributed by atoms with Gasteiger partial charge < -0.3 is 15.4 Å². The first-order chi connectivity index (χ1) is 8.61. The van der Waals surface area contributed by atoms with Crippen LogP contribution in [0.2, 0.25) is 0 Å². The van der Waals surface area contributed by atoms with E-state index >= 15 is 0 Å². The zero-order chi connectivity index (χ0) is 13.4. The molecule has 0 saturated heterocycles. The third kappa shape index (κ3) is 5.82. The van der Waals surface area contributed by atoms with Crippen molar-refractivity contribution in [1.29, 1.82) is 0 Å². The lowest BCUT2D eigenvalue weighted by atomic mass is 10.4. The quantitative estimate of drug-likeness (QED) is 0.696. The first-order valence-electron chi connectivity index (χ1n) is 6.57. The topological polar surface area (TPSA) is 59.1 Å². The van der Waals surface area contributed by atoms with E-state index in [9.17, 15) is 0 Å². The maximum atomic E-state index is 5.47. The zero-order valence-electron chi connectivity index (χ0n) is 11.8. The molecule has 0 unspecified atom stereocenters. The summed E-state index contributed by atoms with van der Waals surface area (Å²) in [4.78, 5) is 8.73. The van der Waals surface area contributed by atoms with Crippen LogP contribution in [-0.2, 0) is 4.74 Å². The Morgan fingerprint density at radius 2 is 2.00 bits per heavy atom. The Labute approximate surface area is 109 Å². The van der Waals surface area contributed by atoms with E-state index in [1.165, 1.54) is 0 Å². The molecule has 0 bridgehead atoms. The second-order valence-corrected chi connectivity index (χ2v) is 4.49. The zero-order valence-corrected chi connectivity index (χ0v) is 11.8. The minimum absolute atomic E-state index is 0.265. The lowest BCUT2D eigenvalue weighted by Crippen LogP contribution is -2.15. The summed E-state index contributed by atoms with van der Waals surface area (Å²) in [5.74, 6) is 1.53. The molecular formula is C13H24N4O. The van der Waals surface area contributed by atoms with E-state index in [0.29, 0.717) is 12.6 Å². The summed E-state index contributed by atoms with van der Waals surface area (Å²) in [6.45, 7) is 10.5. The first kappa shape index (κ1) is 14.7. The van der Waals surface area contributed by atoms with Crippen LogP contribution in [0.25, 0.3) is 0 Å². The van der Waals surface area contributed by atoms with E-state index in [0.717, 1.165) is 31.0 Å². The highest BCUT2D eigenvalue weighted by molar-refractivity contribution is 5.42. The van der Waals surface area contributed by atoms with Gasteiger partial charge in [0.2, 0.25) is 5.95 Å². The number of aromatic nitrogens is 2. The molecule has 0 aliphatic rings. The Hall–Kier alpha value is -1.36. The van der Waals surface area contributed by atoms with E-state index in [2.05, 4.69) is 27.5 Å². The fourth-order valence-electron chi connectivity index (χ4n) is 1.45. The van der Waals surface area contributed by atoms with Gasteiger partial charge in [0.1, 0.15) is 5.82 Å². The normalized spacial score (nSPS) is 10.7. The second-order valence-electron chi connectivity index (χ2n) is 4.49. The van der Waals surface area contributed by atoms with Crippen molar-refractivity contribution < 1.29 is 4.74 Å². The van der Waals surface area contributed by atoms with E-state index < -0.39 is 0 Å². The average Bonchev–Trinajstić information content (AvgIpc) is 2.31. The van der Waals surface area contributed by atoms with Gasteiger partial charge in [-0.1, -0.05) is 6.92 Å². The number of aryl methyl sites for hydroxylation is 1. The maximum absolute atomic E-state index is 5.47. The molecule has 0 fully saturated rings. The molecule has 0 spiro atoms.